The predicted molar refractivity (Wildman–Crippen MR) is 126 cm³/mol. The van der Waals surface area contributed by atoms with Crippen LogP contribution < -0.4 is 15.8 Å². The summed E-state index contributed by atoms with van der Waals surface area (Å²) in [4.78, 5) is 24.5. The van der Waals surface area contributed by atoms with Crippen LogP contribution in [-0.2, 0) is 4.74 Å². The van der Waals surface area contributed by atoms with Crippen LogP contribution in [0.2, 0.25) is 0 Å². The first-order chi connectivity index (χ1) is 15.7. The second kappa shape index (κ2) is 10.3. The first-order valence-electron chi connectivity index (χ1n) is 10.4. The van der Waals surface area contributed by atoms with Crippen molar-refractivity contribution in [2.24, 2.45) is 11.7 Å². The highest BCUT2D eigenvalue weighted by Crippen LogP contribution is 2.29. The number of nitrogens with zero attached hydrogens (tertiary/aromatic N) is 4. The Kier molecular flexibility index (Phi) is 7.45. The summed E-state index contributed by atoms with van der Waals surface area (Å²) in [7, 11) is 0. The van der Waals surface area contributed by atoms with Gasteiger partial charge in [0.1, 0.15) is 24.0 Å². The first-order valence-corrected chi connectivity index (χ1v) is 11.2. The van der Waals surface area contributed by atoms with Crippen LogP contribution in [0.3, 0.4) is 0 Å². The zero-order valence-corrected chi connectivity index (χ0v) is 19.8. The van der Waals surface area contributed by atoms with Crippen molar-refractivity contribution in [2.75, 3.05) is 11.9 Å². The van der Waals surface area contributed by atoms with Gasteiger partial charge in [0.05, 0.1) is 17.0 Å². The number of rotatable bonds is 9. The second-order valence-electron chi connectivity index (χ2n) is 8.26. The van der Waals surface area contributed by atoms with E-state index < -0.39 is 11.7 Å². The lowest BCUT2D eigenvalue weighted by atomic mass is 9.95. The molecule has 0 fully saturated rings. The Labute approximate surface area is 196 Å². The lowest BCUT2D eigenvalue weighted by Crippen LogP contribution is -2.41. The highest BCUT2D eigenvalue weighted by Gasteiger charge is 2.30. The van der Waals surface area contributed by atoms with Gasteiger partial charge in [-0.1, -0.05) is 13.8 Å². The number of nitriles is 1. The largest absolute Gasteiger partial charge is 0.488 e. The molecule has 0 aliphatic heterocycles. The SMILES string of the molecule is Cc1csc(Nc2nccc(-c3ccc(OCC(C)(CC(C)C)OC(N)=O)c(C#N)c3)n2)n1. The lowest BCUT2D eigenvalue weighted by Gasteiger charge is -2.30. The molecule has 0 saturated heterocycles. The van der Waals surface area contributed by atoms with Crippen LogP contribution in [-0.4, -0.2) is 33.3 Å². The minimum absolute atomic E-state index is 0.0664. The zero-order valence-electron chi connectivity index (χ0n) is 19.0. The third-order valence-corrected chi connectivity index (χ3v) is 5.48. The van der Waals surface area contributed by atoms with Crippen molar-refractivity contribution in [1.29, 1.82) is 5.26 Å². The van der Waals surface area contributed by atoms with Gasteiger partial charge in [0.15, 0.2) is 5.13 Å². The normalized spacial score (nSPS) is 12.6. The molecule has 2 aromatic heterocycles. The van der Waals surface area contributed by atoms with Crippen molar-refractivity contribution < 1.29 is 14.3 Å². The Morgan fingerprint density at radius 2 is 2.12 bits per heavy atom. The fraction of sp³-hybridized carbons (Fsp3) is 0.348. The van der Waals surface area contributed by atoms with E-state index in [0.29, 0.717) is 34.5 Å². The highest BCUT2D eigenvalue weighted by atomic mass is 32.1. The maximum atomic E-state index is 11.3. The summed E-state index contributed by atoms with van der Waals surface area (Å²) in [5, 5.41) is 15.4. The number of anilines is 2. The number of thiazole rings is 1. The van der Waals surface area contributed by atoms with Gasteiger partial charge in [-0.15, -0.1) is 11.3 Å². The van der Waals surface area contributed by atoms with Crippen molar-refractivity contribution in [3.8, 4) is 23.1 Å². The molecular formula is C23H26N6O3S. The van der Waals surface area contributed by atoms with Crippen LogP contribution in [0.15, 0.2) is 35.8 Å². The van der Waals surface area contributed by atoms with E-state index in [4.69, 9.17) is 15.2 Å². The second-order valence-corrected chi connectivity index (χ2v) is 9.12. The third-order valence-electron chi connectivity index (χ3n) is 4.61. The number of hydrogen-bond acceptors (Lipinski definition) is 9. The monoisotopic (exact) mass is 466 g/mol. The van der Waals surface area contributed by atoms with Crippen molar-refractivity contribution in [2.45, 2.75) is 39.7 Å². The lowest BCUT2D eigenvalue weighted by molar-refractivity contribution is -0.0186. The van der Waals surface area contributed by atoms with Crippen molar-refractivity contribution in [1.82, 2.24) is 15.0 Å². The molecule has 1 aromatic carbocycles. The smallest absolute Gasteiger partial charge is 0.405 e. The van der Waals surface area contributed by atoms with Gasteiger partial charge in [0, 0.05) is 17.1 Å². The number of nitrogens with one attached hydrogen (secondary N) is 1. The van der Waals surface area contributed by atoms with Crippen LogP contribution in [0.25, 0.3) is 11.3 Å². The molecule has 0 spiro atoms. The number of carbonyl (C=O) groups excluding carboxylic acids is 1. The van der Waals surface area contributed by atoms with E-state index in [0.717, 1.165) is 11.3 Å². The van der Waals surface area contributed by atoms with Crippen LogP contribution in [0, 0.1) is 24.2 Å². The highest BCUT2D eigenvalue weighted by molar-refractivity contribution is 7.13. The summed E-state index contributed by atoms with van der Waals surface area (Å²) < 4.78 is 11.2. The summed E-state index contributed by atoms with van der Waals surface area (Å²) in [6.45, 7) is 7.77. The molecule has 33 heavy (non-hydrogen) atoms. The van der Waals surface area contributed by atoms with Crippen LogP contribution in [0.4, 0.5) is 15.9 Å². The average Bonchev–Trinajstić information content (AvgIpc) is 3.15. The number of nitrogens with two attached hydrogens (primary N) is 1. The van der Waals surface area contributed by atoms with E-state index in [2.05, 4.69) is 26.3 Å². The number of carbonyl (C=O) groups is 1. The topological polar surface area (TPSA) is 136 Å². The number of hydrogen-bond donors (Lipinski definition) is 2. The molecule has 3 rings (SSSR count). The van der Waals surface area contributed by atoms with Gasteiger partial charge in [0.2, 0.25) is 5.95 Å². The Morgan fingerprint density at radius 1 is 1.33 bits per heavy atom. The van der Waals surface area contributed by atoms with Crippen LogP contribution in [0.5, 0.6) is 5.75 Å². The fourth-order valence-corrected chi connectivity index (χ4v) is 4.14. The fourth-order valence-electron chi connectivity index (χ4n) is 3.46. The number of ether oxygens (including phenoxy) is 2. The van der Waals surface area contributed by atoms with Crippen LogP contribution >= 0.6 is 11.3 Å². The minimum Gasteiger partial charge on any atom is -0.488 e. The van der Waals surface area contributed by atoms with Gasteiger partial charge < -0.3 is 20.5 Å². The number of benzene rings is 1. The molecule has 0 aliphatic rings. The minimum atomic E-state index is -0.910. The van der Waals surface area contributed by atoms with Gasteiger partial charge in [-0.2, -0.15) is 5.26 Å². The number of aromatic nitrogens is 3. The van der Waals surface area contributed by atoms with Gasteiger partial charge >= 0.3 is 6.09 Å². The molecule has 1 amide bonds. The summed E-state index contributed by atoms with van der Waals surface area (Å²) in [6, 6.07) is 9.13. The molecule has 0 bridgehead atoms. The number of aryl methyl sites for hydroxylation is 1. The number of primary amides is 1. The van der Waals surface area contributed by atoms with Crippen molar-refractivity contribution in [3.05, 3.63) is 47.1 Å². The Morgan fingerprint density at radius 3 is 2.76 bits per heavy atom. The summed E-state index contributed by atoms with van der Waals surface area (Å²) >= 11 is 1.47. The molecule has 172 valence electrons. The quantitative estimate of drug-likeness (QED) is 0.459. The van der Waals surface area contributed by atoms with Crippen molar-refractivity contribution >= 4 is 28.5 Å². The van der Waals surface area contributed by atoms with Gasteiger partial charge in [-0.25, -0.2) is 19.7 Å². The van der Waals surface area contributed by atoms with E-state index in [-0.39, 0.29) is 12.5 Å². The maximum Gasteiger partial charge on any atom is 0.405 e. The predicted octanol–water partition coefficient (Wildman–Crippen LogP) is 4.80. The Balaban J connectivity index is 1.79. The first kappa shape index (κ1) is 23.9. The molecule has 0 radical (unpaired) electrons. The zero-order chi connectivity index (χ0) is 24.0. The standard InChI is InChI=1S/C23H26N6O3S/c1-14(2)10-23(4,32-20(25)30)13-31-19-6-5-16(9-17(19)11-24)18-7-8-26-21(28-18)29-22-27-15(3)12-33-22/h5-9,12,14H,10,13H2,1-4H3,(H2,25,30)(H,26,27,28,29). The molecular weight excluding hydrogens is 440 g/mol. The Hall–Kier alpha value is -3.71. The molecule has 0 saturated carbocycles. The van der Waals surface area contributed by atoms with Crippen molar-refractivity contribution in [3.63, 3.8) is 0 Å². The molecule has 0 aliphatic carbocycles. The molecule has 9 nitrogen and oxygen atoms in total. The average molecular weight is 467 g/mol. The number of amides is 1. The maximum absolute atomic E-state index is 11.3. The summed E-state index contributed by atoms with van der Waals surface area (Å²) in [5.41, 5.74) is 6.96. The van der Waals surface area contributed by atoms with E-state index in [1.54, 1.807) is 31.3 Å². The third kappa shape index (κ3) is 6.63. The Bertz CT molecular complexity index is 1170. The van der Waals surface area contributed by atoms with E-state index in [1.807, 2.05) is 32.2 Å². The van der Waals surface area contributed by atoms with Gasteiger partial charge in [-0.3, -0.25) is 0 Å². The molecule has 3 N–H and O–H groups in total. The van der Waals surface area contributed by atoms with Gasteiger partial charge in [0.25, 0.3) is 0 Å². The van der Waals surface area contributed by atoms with E-state index in [1.165, 1.54) is 11.3 Å². The molecule has 2 heterocycles. The molecule has 1 unspecified atom stereocenters. The summed E-state index contributed by atoms with van der Waals surface area (Å²) in [5.74, 6) is 1.05. The molecule has 10 heteroatoms. The van der Waals surface area contributed by atoms with Crippen LogP contribution in [0.1, 0.15) is 38.4 Å². The molecule has 3 aromatic rings. The molecule has 1 atom stereocenters. The van der Waals surface area contributed by atoms with Gasteiger partial charge in [-0.05, 0) is 50.5 Å². The van der Waals surface area contributed by atoms with E-state index in [9.17, 15) is 10.1 Å². The van der Waals surface area contributed by atoms with E-state index >= 15 is 0 Å². The summed E-state index contributed by atoms with van der Waals surface area (Å²) in [6.07, 6.45) is 1.34.